The molecule has 1 aromatic carbocycles. The Labute approximate surface area is 133 Å². The summed E-state index contributed by atoms with van der Waals surface area (Å²) in [5.41, 5.74) is 4.87. The smallest absolute Gasteiger partial charge is 0.142 e. The Morgan fingerprint density at radius 2 is 1.96 bits per heavy atom. The first kappa shape index (κ1) is 13.9. The number of benzene rings is 1. The van der Waals surface area contributed by atoms with Crippen LogP contribution in [-0.4, -0.2) is 15.9 Å². The van der Waals surface area contributed by atoms with Gasteiger partial charge in [0, 0.05) is 17.3 Å². The number of fused-ring (bicyclic) bond motifs is 1. The SMILES string of the molecule is O=C/C=C/c1c(-c2ccc(F)cc2)nn2cccc2c1C1CC1. The molecule has 0 spiro atoms. The molecule has 0 aliphatic heterocycles. The summed E-state index contributed by atoms with van der Waals surface area (Å²) >= 11 is 0. The van der Waals surface area contributed by atoms with Crippen LogP contribution in [-0.2, 0) is 4.79 Å². The molecule has 0 unspecified atom stereocenters. The lowest BCUT2D eigenvalue weighted by molar-refractivity contribution is -0.104. The van der Waals surface area contributed by atoms with E-state index in [1.54, 1.807) is 12.1 Å². The standard InChI is InChI=1S/C19H15FN2O/c20-15-9-7-14(8-10-15)19-16(3-2-12-23)18(13-5-6-13)17-4-1-11-22(17)21-19/h1-4,7-13H,5-6H2/b3-2+. The quantitative estimate of drug-likeness (QED) is 0.534. The van der Waals surface area contributed by atoms with E-state index in [9.17, 15) is 9.18 Å². The molecule has 3 aromatic rings. The maximum absolute atomic E-state index is 13.2. The molecular formula is C19H15FN2O. The summed E-state index contributed by atoms with van der Waals surface area (Å²) in [6.45, 7) is 0. The molecule has 2 aromatic heterocycles. The summed E-state index contributed by atoms with van der Waals surface area (Å²) < 4.78 is 15.1. The Bertz CT molecular complexity index is 905. The average molecular weight is 306 g/mol. The number of allylic oxidation sites excluding steroid dienone is 1. The minimum absolute atomic E-state index is 0.275. The fourth-order valence-corrected chi connectivity index (χ4v) is 3.03. The van der Waals surface area contributed by atoms with E-state index in [0.29, 0.717) is 5.92 Å². The Balaban J connectivity index is 2.02. The largest absolute Gasteiger partial charge is 0.299 e. The zero-order valence-corrected chi connectivity index (χ0v) is 12.4. The lowest BCUT2D eigenvalue weighted by Gasteiger charge is -2.13. The fraction of sp³-hybridized carbons (Fsp3) is 0.158. The first-order chi connectivity index (χ1) is 11.3. The van der Waals surface area contributed by atoms with E-state index in [2.05, 4.69) is 5.10 Å². The van der Waals surface area contributed by atoms with E-state index in [-0.39, 0.29) is 5.82 Å². The van der Waals surface area contributed by atoms with Crippen LogP contribution in [0.1, 0.15) is 29.9 Å². The second-order valence-electron chi connectivity index (χ2n) is 5.79. The predicted molar refractivity (Wildman–Crippen MR) is 87.7 cm³/mol. The van der Waals surface area contributed by atoms with Crippen LogP contribution in [0.5, 0.6) is 0 Å². The minimum Gasteiger partial charge on any atom is -0.299 e. The van der Waals surface area contributed by atoms with Crippen molar-refractivity contribution in [1.29, 1.82) is 0 Å². The first-order valence-corrected chi connectivity index (χ1v) is 7.67. The number of aromatic nitrogens is 2. The Hall–Kier alpha value is -2.75. The van der Waals surface area contributed by atoms with Crippen LogP contribution in [0.15, 0.2) is 48.7 Å². The van der Waals surface area contributed by atoms with Crippen LogP contribution < -0.4 is 0 Å². The molecule has 1 aliphatic carbocycles. The third-order valence-electron chi connectivity index (χ3n) is 4.20. The van der Waals surface area contributed by atoms with Gasteiger partial charge in [0.25, 0.3) is 0 Å². The van der Waals surface area contributed by atoms with Gasteiger partial charge in [0.15, 0.2) is 0 Å². The van der Waals surface area contributed by atoms with Gasteiger partial charge in [-0.2, -0.15) is 5.10 Å². The van der Waals surface area contributed by atoms with Gasteiger partial charge >= 0.3 is 0 Å². The second kappa shape index (κ2) is 5.47. The molecule has 23 heavy (non-hydrogen) atoms. The summed E-state index contributed by atoms with van der Waals surface area (Å²) in [5.74, 6) is 0.226. The van der Waals surface area contributed by atoms with Crippen LogP contribution in [0.3, 0.4) is 0 Å². The lowest BCUT2D eigenvalue weighted by atomic mass is 9.97. The van der Waals surface area contributed by atoms with Crippen molar-refractivity contribution in [2.75, 3.05) is 0 Å². The maximum atomic E-state index is 13.2. The molecule has 0 bridgehead atoms. The van der Waals surface area contributed by atoms with Crippen molar-refractivity contribution in [2.45, 2.75) is 18.8 Å². The molecular weight excluding hydrogens is 291 g/mol. The maximum Gasteiger partial charge on any atom is 0.142 e. The molecule has 0 N–H and O–H groups in total. The number of nitrogens with zero attached hydrogens (tertiary/aromatic N) is 2. The molecule has 2 heterocycles. The van der Waals surface area contributed by atoms with Crippen molar-refractivity contribution in [1.82, 2.24) is 9.61 Å². The number of carbonyl (C=O) groups excluding carboxylic acids is 1. The van der Waals surface area contributed by atoms with Gasteiger partial charge in [-0.3, -0.25) is 4.79 Å². The average Bonchev–Trinajstić information content (AvgIpc) is 3.29. The topological polar surface area (TPSA) is 34.4 Å². The zero-order chi connectivity index (χ0) is 15.8. The third kappa shape index (κ3) is 2.46. The van der Waals surface area contributed by atoms with Gasteiger partial charge in [0.1, 0.15) is 12.1 Å². The van der Waals surface area contributed by atoms with Gasteiger partial charge in [-0.15, -0.1) is 0 Å². The minimum atomic E-state index is -0.275. The van der Waals surface area contributed by atoms with Crippen molar-refractivity contribution in [3.8, 4) is 11.3 Å². The highest BCUT2D eigenvalue weighted by Crippen LogP contribution is 2.45. The summed E-state index contributed by atoms with van der Waals surface area (Å²) in [6.07, 6.45) is 8.30. The molecule has 0 radical (unpaired) electrons. The number of hydrogen-bond donors (Lipinski definition) is 0. The van der Waals surface area contributed by atoms with Crippen LogP contribution in [0.4, 0.5) is 4.39 Å². The van der Waals surface area contributed by atoms with Crippen molar-refractivity contribution in [2.24, 2.45) is 0 Å². The van der Waals surface area contributed by atoms with Crippen molar-refractivity contribution in [3.63, 3.8) is 0 Å². The lowest BCUT2D eigenvalue weighted by Crippen LogP contribution is -2.02. The van der Waals surface area contributed by atoms with E-state index in [1.165, 1.54) is 23.8 Å². The van der Waals surface area contributed by atoms with E-state index in [0.717, 1.165) is 41.5 Å². The summed E-state index contributed by atoms with van der Waals surface area (Å²) in [6, 6.07) is 10.3. The predicted octanol–water partition coefficient (Wildman–Crippen LogP) is 4.23. The van der Waals surface area contributed by atoms with Gasteiger partial charge in [-0.1, -0.05) is 0 Å². The molecule has 3 nitrogen and oxygen atoms in total. The monoisotopic (exact) mass is 306 g/mol. The molecule has 1 fully saturated rings. The van der Waals surface area contributed by atoms with Crippen LogP contribution in [0.25, 0.3) is 22.9 Å². The van der Waals surface area contributed by atoms with Gasteiger partial charge in [0.2, 0.25) is 0 Å². The second-order valence-corrected chi connectivity index (χ2v) is 5.79. The molecule has 0 atom stereocenters. The van der Waals surface area contributed by atoms with E-state index < -0.39 is 0 Å². The van der Waals surface area contributed by atoms with Crippen molar-refractivity contribution < 1.29 is 9.18 Å². The van der Waals surface area contributed by atoms with Gasteiger partial charge in [-0.25, -0.2) is 8.91 Å². The highest BCUT2D eigenvalue weighted by Gasteiger charge is 2.30. The van der Waals surface area contributed by atoms with E-state index >= 15 is 0 Å². The normalized spacial score (nSPS) is 14.7. The molecule has 4 rings (SSSR count). The Morgan fingerprint density at radius 3 is 2.65 bits per heavy atom. The van der Waals surface area contributed by atoms with E-state index in [4.69, 9.17) is 0 Å². The summed E-state index contributed by atoms with van der Waals surface area (Å²) in [4.78, 5) is 10.8. The molecule has 1 aliphatic rings. The van der Waals surface area contributed by atoms with Gasteiger partial charge < -0.3 is 0 Å². The fourth-order valence-electron chi connectivity index (χ4n) is 3.03. The highest BCUT2D eigenvalue weighted by molar-refractivity contribution is 5.84. The molecule has 1 saturated carbocycles. The third-order valence-corrected chi connectivity index (χ3v) is 4.20. The first-order valence-electron chi connectivity index (χ1n) is 7.67. The number of carbonyl (C=O) groups is 1. The highest BCUT2D eigenvalue weighted by atomic mass is 19.1. The molecule has 114 valence electrons. The number of aldehydes is 1. The van der Waals surface area contributed by atoms with Crippen molar-refractivity contribution >= 4 is 17.9 Å². The molecule has 0 amide bonds. The van der Waals surface area contributed by atoms with Gasteiger partial charge in [-0.05, 0) is 72.9 Å². The molecule has 4 heteroatoms. The number of halogens is 1. The number of hydrogen-bond acceptors (Lipinski definition) is 2. The Kier molecular flexibility index (Phi) is 3.30. The molecule has 0 saturated heterocycles. The van der Waals surface area contributed by atoms with Crippen LogP contribution in [0, 0.1) is 5.82 Å². The summed E-state index contributed by atoms with van der Waals surface area (Å²) in [7, 11) is 0. The van der Waals surface area contributed by atoms with E-state index in [1.807, 2.05) is 28.9 Å². The van der Waals surface area contributed by atoms with Crippen molar-refractivity contribution in [3.05, 3.63) is 65.6 Å². The van der Waals surface area contributed by atoms with Gasteiger partial charge in [0.05, 0.1) is 11.2 Å². The number of rotatable bonds is 4. The summed E-state index contributed by atoms with van der Waals surface area (Å²) in [5, 5.41) is 4.69. The van der Waals surface area contributed by atoms with Crippen LogP contribution in [0.2, 0.25) is 0 Å². The van der Waals surface area contributed by atoms with Crippen LogP contribution >= 0.6 is 0 Å². The zero-order valence-electron chi connectivity index (χ0n) is 12.4. The Morgan fingerprint density at radius 1 is 1.17 bits per heavy atom.